The number of nitro benzene ring substituents is 1. The van der Waals surface area contributed by atoms with Gasteiger partial charge in [0.05, 0.1) is 30.8 Å². The topological polar surface area (TPSA) is 115 Å². The molecule has 9 heteroatoms. The molecule has 2 aromatic carbocycles. The van der Waals surface area contributed by atoms with Crippen LogP contribution in [0.15, 0.2) is 36.4 Å². The summed E-state index contributed by atoms with van der Waals surface area (Å²) in [6, 6.07) is 9.10. The number of quaternary nitrogens is 1. The molecule has 0 saturated heterocycles. The van der Waals surface area contributed by atoms with Gasteiger partial charge in [0.15, 0.2) is 12.6 Å². The van der Waals surface area contributed by atoms with Gasteiger partial charge in [-0.1, -0.05) is 12.1 Å². The van der Waals surface area contributed by atoms with Gasteiger partial charge in [-0.3, -0.25) is 19.7 Å². The van der Waals surface area contributed by atoms with Crippen LogP contribution in [0.3, 0.4) is 0 Å². The van der Waals surface area contributed by atoms with E-state index in [-0.39, 0.29) is 29.8 Å². The van der Waals surface area contributed by atoms with Crippen molar-refractivity contribution in [2.24, 2.45) is 0 Å². The van der Waals surface area contributed by atoms with E-state index in [2.05, 4.69) is 10.6 Å². The van der Waals surface area contributed by atoms with E-state index in [9.17, 15) is 19.7 Å². The number of nitro groups is 1. The third-order valence-electron chi connectivity index (χ3n) is 5.10. The number of likely N-dealkylation sites (N-methyl/N-ethyl adjacent to an activating group) is 1. The Kier molecular flexibility index (Phi) is 7.48. The molecule has 0 aliphatic carbocycles. The van der Waals surface area contributed by atoms with Crippen LogP contribution in [0.2, 0.25) is 0 Å². The first-order valence-corrected chi connectivity index (χ1v) is 9.45. The lowest BCUT2D eigenvalue weighted by atomic mass is 10.1. The zero-order valence-corrected chi connectivity index (χ0v) is 17.7. The number of hydrogen-bond acceptors (Lipinski definition) is 5. The maximum absolute atomic E-state index is 12.6. The molecule has 2 atom stereocenters. The van der Waals surface area contributed by atoms with Gasteiger partial charge in [-0.15, -0.1) is 0 Å². The highest BCUT2D eigenvalue weighted by Crippen LogP contribution is 2.29. The van der Waals surface area contributed by atoms with Gasteiger partial charge in [0.25, 0.3) is 17.5 Å². The highest BCUT2D eigenvalue weighted by atomic mass is 16.6. The van der Waals surface area contributed by atoms with Crippen molar-refractivity contribution in [3.8, 4) is 5.75 Å². The predicted octanol–water partition coefficient (Wildman–Crippen LogP) is 1.70. The average molecular weight is 415 g/mol. The first-order chi connectivity index (χ1) is 14.1. The lowest BCUT2D eigenvalue weighted by Gasteiger charge is -2.21. The summed E-state index contributed by atoms with van der Waals surface area (Å²) in [6.45, 7) is 5.71. The van der Waals surface area contributed by atoms with Gasteiger partial charge < -0.3 is 20.3 Å². The first kappa shape index (κ1) is 22.8. The summed E-state index contributed by atoms with van der Waals surface area (Å²) in [6.07, 6.45) is 0. The van der Waals surface area contributed by atoms with Crippen molar-refractivity contribution < 1.29 is 24.1 Å². The number of non-ortho nitro benzene ring substituents is 1. The summed E-state index contributed by atoms with van der Waals surface area (Å²) < 4.78 is 5.14. The summed E-state index contributed by atoms with van der Waals surface area (Å²) in [7, 11) is 3.12. The van der Waals surface area contributed by atoms with Crippen LogP contribution >= 0.6 is 0 Å². The number of benzene rings is 2. The average Bonchev–Trinajstić information content (AvgIpc) is 2.70. The Morgan fingerprint density at radius 2 is 1.87 bits per heavy atom. The molecule has 9 nitrogen and oxygen atoms in total. The molecule has 0 aliphatic heterocycles. The fourth-order valence-electron chi connectivity index (χ4n) is 2.85. The molecule has 0 aliphatic rings. The number of aryl methyl sites for hydroxylation is 1. The smallest absolute Gasteiger partial charge is 0.282 e. The second kappa shape index (κ2) is 9.84. The van der Waals surface area contributed by atoms with Gasteiger partial charge in [-0.2, -0.15) is 0 Å². The van der Waals surface area contributed by atoms with Crippen molar-refractivity contribution in [1.82, 2.24) is 0 Å². The van der Waals surface area contributed by atoms with Crippen molar-refractivity contribution >= 4 is 28.9 Å². The van der Waals surface area contributed by atoms with Gasteiger partial charge in [-0.05, 0) is 44.0 Å². The normalized spacial score (nSPS) is 12.6. The number of amides is 2. The number of nitrogens with zero attached hydrogens (tertiary/aromatic N) is 1. The summed E-state index contributed by atoms with van der Waals surface area (Å²) in [5, 5.41) is 16.5. The second-order valence-electron chi connectivity index (χ2n) is 7.17. The zero-order chi connectivity index (χ0) is 22.4. The van der Waals surface area contributed by atoms with E-state index >= 15 is 0 Å². The van der Waals surface area contributed by atoms with E-state index < -0.39 is 11.0 Å². The molecular weight excluding hydrogens is 388 g/mol. The van der Waals surface area contributed by atoms with Crippen LogP contribution in [0.5, 0.6) is 5.75 Å². The fourth-order valence-corrected chi connectivity index (χ4v) is 2.85. The van der Waals surface area contributed by atoms with Crippen molar-refractivity contribution in [3.63, 3.8) is 0 Å². The molecule has 3 N–H and O–H groups in total. The minimum Gasteiger partial charge on any atom is -0.494 e. The molecule has 0 fully saturated rings. The molecule has 0 bridgehead atoms. The molecule has 1 unspecified atom stereocenters. The Hall–Kier alpha value is -3.46. The van der Waals surface area contributed by atoms with Crippen LogP contribution in [-0.2, 0) is 9.59 Å². The molecule has 30 heavy (non-hydrogen) atoms. The number of anilines is 2. The molecule has 2 aromatic rings. The monoisotopic (exact) mass is 415 g/mol. The molecule has 0 saturated carbocycles. The maximum atomic E-state index is 12.6. The van der Waals surface area contributed by atoms with Gasteiger partial charge in [0.2, 0.25) is 0 Å². The number of carbonyl (C=O) groups is 2. The van der Waals surface area contributed by atoms with E-state index in [0.717, 1.165) is 16.8 Å². The number of nitrogens with one attached hydrogen (secondary N) is 3. The zero-order valence-electron chi connectivity index (χ0n) is 17.7. The quantitative estimate of drug-likeness (QED) is 0.448. The summed E-state index contributed by atoms with van der Waals surface area (Å²) >= 11 is 0. The number of methoxy groups -OCH3 is 1. The molecule has 160 valence electrons. The van der Waals surface area contributed by atoms with Crippen molar-refractivity contribution in [3.05, 3.63) is 57.6 Å². The highest BCUT2D eigenvalue weighted by molar-refractivity contribution is 5.96. The first-order valence-electron chi connectivity index (χ1n) is 9.45. The van der Waals surface area contributed by atoms with Crippen LogP contribution in [0.1, 0.15) is 18.1 Å². The number of hydrogen-bond donors (Lipinski definition) is 3. The molecule has 0 aromatic heterocycles. The summed E-state index contributed by atoms with van der Waals surface area (Å²) in [4.78, 5) is 36.1. The predicted molar refractivity (Wildman–Crippen MR) is 114 cm³/mol. The third kappa shape index (κ3) is 5.54. The minimum absolute atomic E-state index is 0.0966. The number of carbonyl (C=O) groups excluding carboxylic acids is 2. The van der Waals surface area contributed by atoms with E-state index in [1.807, 2.05) is 32.0 Å². The van der Waals surface area contributed by atoms with Gasteiger partial charge in [-0.25, -0.2) is 0 Å². The van der Waals surface area contributed by atoms with Gasteiger partial charge in [0.1, 0.15) is 5.75 Å². The van der Waals surface area contributed by atoms with E-state index in [4.69, 9.17) is 4.74 Å². The van der Waals surface area contributed by atoms with Crippen LogP contribution in [-0.4, -0.2) is 43.5 Å². The SMILES string of the molecule is COc1cc([N+](=O)[O-])ccc1NC(=O)[C@@H](C)[NH+](C)CC(=O)Nc1cccc(C)c1C. The van der Waals surface area contributed by atoms with Crippen molar-refractivity contribution in [1.29, 1.82) is 0 Å². The third-order valence-corrected chi connectivity index (χ3v) is 5.10. The molecule has 2 amide bonds. The minimum atomic E-state index is -0.547. The Labute approximate surface area is 175 Å². The van der Waals surface area contributed by atoms with Gasteiger partial charge >= 0.3 is 0 Å². The van der Waals surface area contributed by atoms with E-state index in [1.165, 1.54) is 25.3 Å². The number of ether oxygens (including phenoxy) is 1. The molecular formula is C21H27N4O5+. The molecule has 0 heterocycles. The van der Waals surface area contributed by atoms with Crippen LogP contribution < -0.4 is 20.3 Å². The standard InChI is InChI=1S/C21H26N4O5/c1-13-7-6-8-17(14(13)2)22-20(26)12-24(4)15(3)21(27)23-18-10-9-16(25(28)29)11-19(18)30-5/h6-11,15H,12H2,1-5H3,(H,22,26)(H,23,27)/p+1/t15-/m1/s1. The van der Waals surface area contributed by atoms with Crippen LogP contribution in [0, 0.1) is 24.0 Å². The van der Waals surface area contributed by atoms with Crippen molar-refractivity contribution in [2.45, 2.75) is 26.8 Å². The molecule has 0 spiro atoms. The molecule has 2 rings (SSSR count). The van der Waals surface area contributed by atoms with Crippen LogP contribution in [0.4, 0.5) is 17.1 Å². The summed E-state index contributed by atoms with van der Waals surface area (Å²) in [5.41, 5.74) is 3.02. The maximum Gasteiger partial charge on any atom is 0.282 e. The Morgan fingerprint density at radius 1 is 1.17 bits per heavy atom. The highest BCUT2D eigenvalue weighted by Gasteiger charge is 2.25. The Morgan fingerprint density at radius 3 is 2.50 bits per heavy atom. The Bertz CT molecular complexity index is 960. The Balaban J connectivity index is 2.01. The number of rotatable bonds is 8. The van der Waals surface area contributed by atoms with Crippen LogP contribution in [0.25, 0.3) is 0 Å². The lowest BCUT2D eigenvalue weighted by Crippen LogP contribution is -3.14. The lowest BCUT2D eigenvalue weighted by molar-refractivity contribution is -0.885. The largest absolute Gasteiger partial charge is 0.494 e. The van der Waals surface area contributed by atoms with Crippen molar-refractivity contribution in [2.75, 3.05) is 31.3 Å². The second-order valence-corrected chi connectivity index (χ2v) is 7.17. The fraction of sp³-hybridized carbons (Fsp3) is 0.333. The van der Waals surface area contributed by atoms with Gasteiger partial charge in [0, 0.05) is 11.8 Å². The summed E-state index contributed by atoms with van der Waals surface area (Å²) in [5.74, 6) is -0.344. The van der Waals surface area contributed by atoms with E-state index in [1.54, 1.807) is 14.0 Å². The van der Waals surface area contributed by atoms with E-state index in [0.29, 0.717) is 10.6 Å². The molecule has 0 radical (unpaired) electrons.